The van der Waals surface area contributed by atoms with Gasteiger partial charge in [-0.15, -0.1) is 0 Å². The van der Waals surface area contributed by atoms with Crippen molar-refractivity contribution in [3.63, 3.8) is 0 Å². The van der Waals surface area contributed by atoms with Gasteiger partial charge in [0.2, 0.25) is 5.95 Å². The molecular weight excluding hydrogens is 343 g/mol. The summed E-state index contributed by atoms with van der Waals surface area (Å²) in [5.74, 6) is 0.0474. The van der Waals surface area contributed by atoms with Crippen molar-refractivity contribution in [2.75, 3.05) is 4.72 Å². The lowest BCUT2D eigenvalue weighted by molar-refractivity contribution is -0.254. The van der Waals surface area contributed by atoms with Gasteiger partial charge in [-0.3, -0.25) is 0 Å². The maximum absolute atomic E-state index is 11.9. The van der Waals surface area contributed by atoms with E-state index in [0.717, 1.165) is 5.69 Å². The highest BCUT2D eigenvalue weighted by molar-refractivity contribution is 7.92. The maximum atomic E-state index is 11.9. The second kappa shape index (κ2) is 8.40. The number of aromatic nitrogens is 2. The molecule has 1 heterocycles. The van der Waals surface area contributed by atoms with Gasteiger partial charge in [-0.25, -0.2) is 23.1 Å². The van der Waals surface area contributed by atoms with Gasteiger partial charge in [0, 0.05) is 24.5 Å². The molecule has 2 aromatic rings. The van der Waals surface area contributed by atoms with Crippen LogP contribution in [0.1, 0.15) is 0 Å². The first-order valence-corrected chi connectivity index (χ1v) is 7.15. The molecule has 0 amide bonds. The third-order valence-electron chi connectivity index (χ3n) is 2.03. The van der Waals surface area contributed by atoms with E-state index in [1.807, 2.05) is 0 Å². The van der Waals surface area contributed by atoms with E-state index in [2.05, 4.69) is 20.4 Å². The van der Waals surface area contributed by atoms with Gasteiger partial charge in [-0.1, -0.05) is 0 Å². The van der Waals surface area contributed by atoms with Crippen LogP contribution in [0.4, 0.5) is 28.9 Å². The Morgan fingerprint density at radius 3 is 1.87 bits per heavy atom. The van der Waals surface area contributed by atoms with Gasteiger partial charge in [0.15, 0.2) is 0 Å². The first-order valence-electron chi connectivity index (χ1n) is 5.67. The number of nitrogens with one attached hydrogen (secondary N) is 1. The Balaban J connectivity index is 0.000000709. The van der Waals surface area contributed by atoms with Crippen LogP contribution in [-0.4, -0.2) is 31.1 Å². The second-order valence-corrected chi connectivity index (χ2v) is 5.50. The van der Waals surface area contributed by atoms with Crippen molar-refractivity contribution in [2.45, 2.75) is 4.90 Å². The topological polar surface area (TPSA) is 131 Å². The number of benzene rings is 1. The van der Waals surface area contributed by atoms with Crippen LogP contribution in [0.2, 0.25) is 0 Å². The zero-order valence-electron chi connectivity index (χ0n) is 11.5. The van der Waals surface area contributed by atoms with Crippen LogP contribution >= 0.6 is 0 Å². The summed E-state index contributed by atoms with van der Waals surface area (Å²) in [4.78, 5) is 7.74. The third kappa shape index (κ3) is 8.70. The fourth-order valence-electron chi connectivity index (χ4n) is 1.20. The van der Waals surface area contributed by atoms with Gasteiger partial charge in [0.25, 0.3) is 10.0 Å². The Labute approximate surface area is 129 Å². The van der Waals surface area contributed by atoms with Gasteiger partial charge >= 0.3 is 7.25 Å². The van der Waals surface area contributed by atoms with Crippen molar-refractivity contribution < 1.29 is 36.9 Å². The molecule has 2 rings (SSSR count). The van der Waals surface area contributed by atoms with E-state index in [4.69, 9.17) is 0 Å². The minimum atomic E-state index is -6.00. The van der Waals surface area contributed by atoms with Crippen LogP contribution < -0.4 is 10.5 Å². The number of anilines is 1. The van der Waals surface area contributed by atoms with Crippen molar-refractivity contribution in [1.29, 1.82) is 0 Å². The van der Waals surface area contributed by atoms with Crippen molar-refractivity contribution in [3.05, 3.63) is 42.7 Å². The Kier molecular flexibility index (Phi) is 7.58. The van der Waals surface area contributed by atoms with Gasteiger partial charge in [-0.05, 0) is 18.2 Å². The predicted molar refractivity (Wildman–Crippen MR) is 75.6 cm³/mol. The molecule has 6 N–H and O–H groups in total. The molecule has 0 fully saturated rings. The highest BCUT2D eigenvalue weighted by Crippen LogP contribution is 2.13. The molecule has 1 aromatic carbocycles. The maximum Gasteiger partial charge on any atom is 0.673 e. The van der Waals surface area contributed by atoms with Crippen LogP contribution in [0.15, 0.2) is 47.6 Å². The standard InChI is InChI=1S/C10H10N4O2S.BF4.H2O/c11-8-2-4-9(5-3-8)17(15,16)14-10-12-6-1-7-13-10;2-1(3,4)5;/h1-7H,11H2,(H,12,13,14);;1H2/q;-1;/p+1. The molecule has 13 heteroatoms. The molecule has 0 aliphatic carbocycles. The Hall–Kier alpha value is -2.25. The molecule has 0 atom stereocenters. The monoisotopic (exact) mass is 356 g/mol. The van der Waals surface area contributed by atoms with Gasteiger partial charge in [0.1, 0.15) is 5.69 Å². The molecule has 0 saturated heterocycles. The van der Waals surface area contributed by atoms with Crippen molar-refractivity contribution in [1.82, 2.24) is 9.97 Å². The minimum Gasteiger partial charge on any atom is -0.418 e. The SMILES string of the molecule is F[B-](F)(F)F.O.[NH3+]c1ccc(S(=O)(=O)Nc2ncccn2)cc1. The molecule has 0 unspecified atom stereocenters. The summed E-state index contributed by atoms with van der Waals surface area (Å²) in [6.45, 7) is 0. The summed E-state index contributed by atoms with van der Waals surface area (Å²) >= 11 is 0. The van der Waals surface area contributed by atoms with E-state index in [1.54, 1.807) is 18.2 Å². The van der Waals surface area contributed by atoms with Gasteiger partial charge in [0.05, 0.1) is 4.90 Å². The summed E-state index contributed by atoms with van der Waals surface area (Å²) in [5.41, 5.74) is 4.44. The molecule has 0 aliphatic heterocycles. The zero-order chi connectivity index (χ0) is 16.8. The van der Waals surface area contributed by atoms with Crippen LogP contribution in [0.25, 0.3) is 0 Å². The van der Waals surface area contributed by atoms with E-state index in [-0.39, 0.29) is 16.3 Å². The van der Waals surface area contributed by atoms with E-state index >= 15 is 0 Å². The number of rotatable bonds is 3. The fourth-order valence-corrected chi connectivity index (χ4v) is 2.16. The molecule has 0 radical (unpaired) electrons. The third-order valence-corrected chi connectivity index (χ3v) is 3.37. The van der Waals surface area contributed by atoms with Crippen LogP contribution in [-0.2, 0) is 10.0 Å². The van der Waals surface area contributed by atoms with E-state index in [0.29, 0.717) is 0 Å². The summed E-state index contributed by atoms with van der Waals surface area (Å²) in [5, 5.41) is 0. The quantitative estimate of drug-likeness (QED) is 0.617. The lowest BCUT2D eigenvalue weighted by Gasteiger charge is -2.05. The number of sulfonamides is 1. The summed E-state index contributed by atoms with van der Waals surface area (Å²) in [7, 11) is -9.63. The Morgan fingerprint density at radius 2 is 1.43 bits per heavy atom. The van der Waals surface area contributed by atoms with Gasteiger partial charge < -0.3 is 28.5 Å². The number of hydrogen-bond donors (Lipinski definition) is 2. The summed E-state index contributed by atoms with van der Waals surface area (Å²) in [6, 6.07) is 7.82. The molecule has 1 aromatic heterocycles. The van der Waals surface area contributed by atoms with E-state index < -0.39 is 17.3 Å². The van der Waals surface area contributed by atoms with E-state index in [1.165, 1.54) is 24.5 Å². The van der Waals surface area contributed by atoms with Crippen molar-refractivity contribution in [3.8, 4) is 0 Å². The van der Waals surface area contributed by atoms with Crippen molar-refractivity contribution in [2.24, 2.45) is 0 Å². The van der Waals surface area contributed by atoms with Crippen molar-refractivity contribution >= 4 is 28.9 Å². The first-order chi connectivity index (χ1) is 10.1. The second-order valence-electron chi connectivity index (χ2n) is 3.82. The lowest BCUT2D eigenvalue weighted by Crippen LogP contribution is -2.39. The van der Waals surface area contributed by atoms with Crippen LogP contribution in [0.5, 0.6) is 0 Å². The Bertz CT molecular complexity index is 692. The van der Waals surface area contributed by atoms with E-state index in [9.17, 15) is 25.7 Å². The average Bonchev–Trinajstić information content (AvgIpc) is 2.38. The molecule has 0 saturated carbocycles. The fraction of sp³-hybridized carbons (Fsp3) is 0. The number of halogens is 4. The number of quaternary nitrogens is 1. The smallest absolute Gasteiger partial charge is 0.418 e. The highest BCUT2D eigenvalue weighted by Gasteiger charge is 2.20. The summed E-state index contributed by atoms with van der Waals surface area (Å²) in [6.07, 6.45) is 2.92. The minimum absolute atomic E-state index is 0. The zero-order valence-corrected chi connectivity index (χ0v) is 12.3. The Morgan fingerprint density at radius 1 is 1.00 bits per heavy atom. The molecule has 0 bridgehead atoms. The van der Waals surface area contributed by atoms with Gasteiger partial charge in [-0.2, -0.15) is 0 Å². The van der Waals surface area contributed by atoms with Crippen LogP contribution in [0.3, 0.4) is 0 Å². The largest absolute Gasteiger partial charge is 0.673 e. The normalized spacial score (nSPS) is 10.8. The van der Waals surface area contributed by atoms with Crippen LogP contribution in [0, 0.1) is 0 Å². The molecular formula is C10H13BF4N4O3S. The number of nitrogens with zero attached hydrogens (tertiary/aromatic N) is 2. The average molecular weight is 356 g/mol. The predicted octanol–water partition coefficient (Wildman–Crippen LogP) is 0.626. The number of hydrogen-bond acceptors (Lipinski definition) is 4. The summed E-state index contributed by atoms with van der Waals surface area (Å²) < 4.78 is 65.1. The molecule has 7 nitrogen and oxygen atoms in total. The first kappa shape index (κ1) is 20.8. The molecule has 128 valence electrons. The highest BCUT2D eigenvalue weighted by atomic mass is 32.2. The molecule has 0 spiro atoms. The lowest BCUT2D eigenvalue weighted by atomic mass is 10.3. The molecule has 23 heavy (non-hydrogen) atoms. The molecule has 0 aliphatic rings.